The molecule has 364 valence electrons. The molecule has 21 heteroatoms. The number of likely N-dealkylation sites (tertiary alicyclic amines) is 1. The summed E-state index contributed by atoms with van der Waals surface area (Å²) in [6.45, 7) is 2.44. The number of imide groups is 2. The first kappa shape index (κ1) is 49.7. The minimum Gasteiger partial charge on any atom is -0.379 e. The van der Waals surface area contributed by atoms with E-state index in [-0.39, 0.29) is 81.3 Å². The molecular formula is C44H69N7O12S2. The van der Waals surface area contributed by atoms with Crippen LogP contribution in [0.1, 0.15) is 96.3 Å². The smallest absolute Gasteiger partial charge is 0.249 e. The van der Waals surface area contributed by atoms with Crippen molar-refractivity contribution >= 4 is 63.1 Å². The van der Waals surface area contributed by atoms with E-state index in [1.54, 1.807) is 11.8 Å². The maximum atomic E-state index is 13.4. The molecule has 7 fully saturated rings. The number of rotatable bonds is 20. The maximum Gasteiger partial charge on any atom is 0.249 e. The average Bonchev–Trinajstić information content (AvgIpc) is 4.04. The zero-order chi connectivity index (χ0) is 46.1. The first-order valence-corrected chi connectivity index (χ1v) is 26.8. The summed E-state index contributed by atoms with van der Waals surface area (Å²) in [5.41, 5.74) is -0.217. The highest BCUT2D eigenvalue weighted by Crippen LogP contribution is 2.44. The van der Waals surface area contributed by atoms with Crippen molar-refractivity contribution in [1.82, 2.24) is 35.8 Å². The van der Waals surface area contributed by atoms with Crippen molar-refractivity contribution in [2.75, 3.05) is 71.2 Å². The minimum atomic E-state index is -3.34. The fourth-order valence-corrected chi connectivity index (χ4v) is 13.5. The zero-order valence-electron chi connectivity index (χ0n) is 37.6. The van der Waals surface area contributed by atoms with Gasteiger partial charge in [-0.15, -0.1) is 11.8 Å². The Bertz CT molecular complexity index is 1860. The van der Waals surface area contributed by atoms with Crippen LogP contribution in [0.4, 0.5) is 0 Å². The Morgan fingerprint density at radius 3 is 2.29 bits per heavy atom. The lowest BCUT2D eigenvalue weighted by Gasteiger charge is -2.40. The van der Waals surface area contributed by atoms with E-state index < -0.39 is 57.6 Å². The van der Waals surface area contributed by atoms with Crippen LogP contribution < -0.4 is 26.6 Å². The second-order valence-electron chi connectivity index (χ2n) is 19.1. The monoisotopic (exact) mass is 951 g/mol. The molecule has 7 amide bonds. The summed E-state index contributed by atoms with van der Waals surface area (Å²) in [6.07, 6.45) is 12.9. The molecule has 7 aliphatic rings. The number of amides is 7. The number of piperidine rings is 1. The normalized spacial score (nSPS) is 33.4. The molecule has 4 saturated heterocycles. The maximum absolute atomic E-state index is 13.4. The SMILES string of the molecule is CS(=O)(=O)N1CCC(C(=O)NCC(=O)NC2NC(C3CCCC(C4CCCC(CNC(=O)CCOCCOCCOC5CCCC6C(=O)N(C7CCC(=O)NC7=O)C(=O)C56)C4)C3)CS2)C1. The van der Waals surface area contributed by atoms with Gasteiger partial charge in [0.15, 0.2) is 0 Å². The number of sulfonamides is 1. The average molecular weight is 952 g/mol. The molecule has 0 aromatic heterocycles. The number of nitrogens with one attached hydrogen (secondary N) is 5. The molecule has 0 spiro atoms. The fourth-order valence-electron chi connectivity index (χ4n) is 11.3. The van der Waals surface area contributed by atoms with Crippen LogP contribution in [-0.2, 0) is 57.8 Å². The number of thioether (sulfide) groups is 1. The quantitative estimate of drug-likeness (QED) is 0.0830. The molecule has 4 heterocycles. The lowest BCUT2D eigenvalue weighted by molar-refractivity contribution is -0.152. The predicted octanol–water partition coefficient (Wildman–Crippen LogP) is 0.617. The van der Waals surface area contributed by atoms with Crippen molar-refractivity contribution in [2.45, 2.75) is 120 Å². The van der Waals surface area contributed by atoms with Crippen LogP contribution in [0, 0.1) is 41.4 Å². The van der Waals surface area contributed by atoms with Crippen LogP contribution in [0.2, 0.25) is 0 Å². The molecule has 0 radical (unpaired) electrons. The lowest BCUT2D eigenvalue weighted by Crippen LogP contribution is -2.54. The molecule has 19 nitrogen and oxygen atoms in total. The van der Waals surface area contributed by atoms with E-state index in [0.29, 0.717) is 75.3 Å². The van der Waals surface area contributed by atoms with E-state index in [0.717, 1.165) is 49.0 Å². The van der Waals surface area contributed by atoms with Gasteiger partial charge in [0.2, 0.25) is 51.4 Å². The van der Waals surface area contributed by atoms with Crippen molar-refractivity contribution in [3.63, 3.8) is 0 Å². The third kappa shape index (κ3) is 13.3. The highest BCUT2D eigenvalue weighted by Gasteiger charge is 2.56. The van der Waals surface area contributed by atoms with Crippen LogP contribution in [0.3, 0.4) is 0 Å². The van der Waals surface area contributed by atoms with Gasteiger partial charge in [0.25, 0.3) is 0 Å². The van der Waals surface area contributed by atoms with Crippen LogP contribution in [0.25, 0.3) is 0 Å². The van der Waals surface area contributed by atoms with Crippen molar-refractivity contribution < 1.29 is 56.2 Å². The molecule has 3 aliphatic carbocycles. The Morgan fingerprint density at radius 1 is 0.800 bits per heavy atom. The largest absolute Gasteiger partial charge is 0.379 e. The minimum absolute atomic E-state index is 0.0235. The number of hydrogen-bond donors (Lipinski definition) is 5. The van der Waals surface area contributed by atoms with Crippen molar-refractivity contribution in [2.24, 2.45) is 41.4 Å². The van der Waals surface area contributed by atoms with Gasteiger partial charge in [0.05, 0.1) is 69.7 Å². The van der Waals surface area contributed by atoms with E-state index in [2.05, 4.69) is 26.6 Å². The molecule has 3 saturated carbocycles. The van der Waals surface area contributed by atoms with Gasteiger partial charge in [-0.25, -0.2) is 12.7 Å². The summed E-state index contributed by atoms with van der Waals surface area (Å²) >= 11 is 1.68. The van der Waals surface area contributed by atoms with E-state index in [9.17, 15) is 42.0 Å². The standard InChI is InChI=1S/C44H69N7O12S2/c1-65(59,60)50-15-13-31(25-50)40(55)46-24-38(54)49-44-47-33(26-64-44)30-8-3-7-29(22-30)28-6-2-5-27(21-28)23-45-36(52)14-16-61-17-18-62-19-20-63-35-10-4-9-32-39(35)43(58)51(42(32)57)34-11-12-37(53)48-41(34)56/h27-35,39,44,47H,2-26H2,1H3,(H,45,52)(H,46,55)(H,49,54)(H,48,53,56). The van der Waals surface area contributed by atoms with Gasteiger partial charge in [-0.05, 0) is 75.0 Å². The number of carbonyl (C=O) groups is 7. The van der Waals surface area contributed by atoms with E-state index in [4.69, 9.17) is 14.2 Å². The first-order chi connectivity index (χ1) is 31.2. The molecule has 4 aliphatic heterocycles. The Labute approximate surface area is 386 Å². The van der Waals surface area contributed by atoms with E-state index >= 15 is 0 Å². The molecule has 11 atom stereocenters. The Balaban J connectivity index is 0.712. The van der Waals surface area contributed by atoms with Gasteiger partial charge >= 0.3 is 0 Å². The number of ether oxygens (including phenoxy) is 3. The molecule has 11 unspecified atom stereocenters. The number of nitrogens with zero attached hydrogens (tertiary/aromatic N) is 2. The summed E-state index contributed by atoms with van der Waals surface area (Å²) in [7, 11) is -3.34. The van der Waals surface area contributed by atoms with E-state index in [1.807, 2.05) is 0 Å². The third-order valence-electron chi connectivity index (χ3n) is 14.8. The Hall–Kier alpha value is -3.21. The summed E-state index contributed by atoms with van der Waals surface area (Å²) in [5, 5.41) is 14.7. The summed E-state index contributed by atoms with van der Waals surface area (Å²) < 4.78 is 42.2. The molecule has 0 aromatic rings. The van der Waals surface area contributed by atoms with Gasteiger partial charge in [-0.1, -0.05) is 32.1 Å². The topological polar surface area (TPSA) is 248 Å². The van der Waals surface area contributed by atoms with Crippen LogP contribution in [-0.4, -0.2) is 154 Å². The fraction of sp³-hybridized carbons (Fsp3) is 0.841. The van der Waals surface area contributed by atoms with Crippen molar-refractivity contribution in [1.29, 1.82) is 0 Å². The third-order valence-corrected chi connectivity index (χ3v) is 17.2. The van der Waals surface area contributed by atoms with Gasteiger partial charge < -0.3 is 30.2 Å². The second kappa shape index (κ2) is 23.2. The molecule has 0 bridgehead atoms. The Morgan fingerprint density at radius 2 is 1.52 bits per heavy atom. The van der Waals surface area contributed by atoms with Crippen molar-refractivity contribution in [3.05, 3.63) is 0 Å². The van der Waals surface area contributed by atoms with Crippen molar-refractivity contribution in [3.8, 4) is 0 Å². The molecule has 0 aromatic carbocycles. The molecule has 5 N–H and O–H groups in total. The predicted molar refractivity (Wildman–Crippen MR) is 238 cm³/mol. The first-order valence-electron chi connectivity index (χ1n) is 23.9. The zero-order valence-corrected chi connectivity index (χ0v) is 39.3. The van der Waals surface area contributed by atoms with Crippen LogP contribution in [0.15, 0.2) is 0 Å². The summed E-state index contributed by atoms with van der Waals surface area (Å²) in [5.74, 6) is -0.763. The molecule has 7 rings (SSSR count). The Kier molecular flexibility index (Phi) is 17.7. The summed E-state index contributed by atoms with van der Waals surface area (Å²) in [4.78, 5) is 89.6. The van der Waals surface area contributed by atoms with Gasteiger partial charge in [0.1, 0.15) is 11.5 Å². The number of carbonyl (C=O) groups excluding carboxylic acids is 7. The summed E-state index contributed by atoms with van der Waals surface area (Å²) in [6, 6.07) is -0.649. The highest BCUT2D eigenvalue weighted by atomic mass is 32.2. The number of hydrogen-bond acceptors (Lipinski definition) is 14. The number of fused-ring (bicyclic) bond motifs is 1. The van der Waals surface area contributed by atoms with Crippen LogP contribution >= 0.6 is 11.8 Å². The van der Waals surface area contributed by atoms with Gasteiger partial charge in [-0.2, -0.15) is 0 Å². The highest BCUT2D eigenvalue weighted by molar-refractivity contribution is 8.00. The van der Waals surface area contributed by atoms with Crippen LogP contribution in [0.5, 0.6) is 0 Å². The van der Waals surface area contributed by atoms with Gasteiger partial charge in [-0.3, -0.25) is 49.1 Å². The lowest BCUT2D eigenvalue weighted by atomic mass is 9.67. The molecule has 65 heavy (non-hydrogen) atoms. The molecular weight excluding hydrogens is 883 g/mol. The van der Waals surface area contributed by atoms with E-state index in [1.165, 1.54) is 30.0 Å². The second-order valence-corrected chi connectivity index (χ2v) is 22.2. The van der Waals surface area contributed by atoms with Gasteiger partial charge in [0, 0.05) is 44.3 Å².